The van der Waals surface area contributed by atoms with E-state index in [1.807, 2.05) is 0 Å². The van der Waals surface area contributed by atoms with Gasteiger partial charge in [-0.15, -0.1) is 6.42 Å². The Bertz CT molecular complexity index is 162. The predicted octanol–water partition coefficient (Wildman–Crippen LogP) is -1.04. The molecule has 0 heterocycles. The number of carboxylic acids is 1. The molecule has 0 fully saturated rings. The number of carbonyl (C=O) groups is 1. The molecule has 0 bridgehead atoms. The lowest BCUT2D eigenvalue weighted by atomic mass is 10.4. The Morgan fingerprint density at radius 3 is 2.73 bits per heavy atom. The molecule has 4 nitrogen and oxygen atoms in total. The van der Waals surface area contributed by atoms with E-state index >= 15 is 0 Å². The van der Waals surface area contributed by atoms with Crippen LogP contribution < -0.4 is 5.73 Å². The molecule has 0 radical (unpaired) electrons. The van der Waals surface area contributed by atoms with Crippen LogP contribution in [0.15, 0.2) is 0 Å². The third kappa shape index (κ3) is 5.40. The van der Waals surface area contributed by atoms with Crippen molar-refractivity contribution in [2.24, 2.45) is 5.73 Å². The predicted molar refractivity (Wildman–Crippen MR) is 42.0 cm³/mol. The fourth-order valence-electron chi connectivity index (χ4n) is 0.717. The number of hydrogen-bond donors (Lipinski definition) is 2. The lowest BCUT2D eigenvalue weighted by Gasteiger charge is -2.15. The zero-order valence-corrected chi connectivity index (χ0v) is 6.29. The maximum absolute atomic E-state index is 10.2. The number of carboxylic acid groups (broad SMARTS) is 1. The first kappa shape index (κ1) is 9.95. The quantitative estimate of drug-likeness (QED) is 0.499. The molecule has 62 valence electrons. The maximum Gasteiger partial charge on any atom is 0.317 e. The van der Waals surface area contributed by atoms with Gasteiger partial charge in [-0.25, -0.2) is 0 Å². The van der Waals surface area contributed by atoms with Gasteiger partial charge in [-0.1, -0.05) is 5.92 Å². The van der Waals surface area contributed by atoms with Gasteiger partial charge in [0.2, 0.25) is 0 Å². The van der Waals surface area contributed by atoms with E-state index in [4.69, 9.17) is 17.3 Å². The van der Waals surface area contributed by atoms with E-state index in [1.54, 1.807) is 4.90 Å². The van der Waals surface area contributed by atoms with E-state index in [9.17, 15) is 4.79 Å². The lowest BCUT2D eigenvalue weighted by Crippen LogP contribution is -2.34. The van der Waals surface area contributed by atoms with Crippen molar-refractivity contribution < 1.29 is 9.90 Å². The van der Waals surface area contributed by atoms with Crippen molar-refractivity contribution in [3.63, 3.8) is 0 Å². The van der Waals surface area contributed by atoms with Crippen LogP contribution in [0, 0.1) is 12.3 Å². The van der Waals surface area contributed by atoms with E-state index in [0.29, 0.717) is 19.6 Å². The fourth-order valence-corrected chi connectivity index (χ4v) is 0.717. The molecule has 0 aliphatic heterocycles. The molecule has 0 aromatic heterocycles. The minimum atomic E-state index is -0.881. The summed E-state index contributed by atoms with van der Waals surface area (Å²) >= 11 is 0. The van der Waals surface area contributed by atoms with Crippen molar-refractivity contribution in [1.82, 2.24) is 4.90 Å². The van der Waals surface area contributed by atoms with Crippen LogP contribution >= 0.6 is 0 Å². The number of terminal acetylenes is 1. The molecule has 0 aliphatic rings. The summed E-state index contributed by atoms with van der Waals surface area (Å²) in [5.41, 5.74) is 5.23. The second-order valence-corrected chi connectivity index (χ2v) is 2.10. The van der Waals surface area contributed by atoms with Gasteiger partial charge >= 0.3 is 5.97 Å². The van der Waals surface area contributed by atoms with Gasteiger partial charge in [0, 0.05) is 13.1 Å². The van der Waals surface area contributed by atoms with Gasteiger partial charge in [-0.2, -0.15) is 0 Å². The molecule has 0 aromatic carbocycles. The van der Waals surface area contributed by atoms with Gasteiger partial charge in [-0.05, 0) is 0 Å². The monoisotopic (exact) mass is 156 g/mol. The molecule has 11 heavy (non-hydrogen) atoms. The molecule has 0 amide bonds. The van der Waals surface area contributed by atoms with Gasteiger partial charge in [0.1, 0.15) is 0 Å². The van der Waals surface area contributed by atoms with Crippen molar-refractivity contribution in [3.8, 4) is 12.3 Å². The van der Waals surface area contributed by atoms with Gasteiger partial charge in [0.05, 0.1) is 13.1 Å². The highest BCUT2D eigenvalue weighted by Crippen LogP contribution is 1.84. The summed E-state index contributed by atoms with van der Waals surface area (Å²) in [7, 11) is 0. The molecule has 3 N–H and O–H groups in total. The van der Waals surface area contributed by atoms with Gasteiger partial charge in [0.15, 0.2) is 0 Å². The maximum atomic E-state index is 10.2. The van der Waals surface area contributed by atoms with Crippen LogP contribution in [0.4, 0.5) is 0 Å². The Morgan fingerprint density at radius 1 is 1.73 bits per heavy atom. The van der Waals surface area contributed by atoms with Crippen molar-refractivity contribution in [3.05, 3.63) is 0 Å². The standard InChI is InChI=1S/C7H12N2O2/c1-2-4-9(5-3-8)6-7(10)11/h1H,3-6,8H2,(H,10,11). The zero-order valence-electron chi connectivity index (χ0n) is 6.29. The van der Waals surface area contributed by atoms with Crippen LogP contribution in [0.25, 0.3) is 0 Å². The average Bonchev–Trinajstić information content (AvgIpc) is 1.87. The lowest BCUT2D eigenvalue weighted by molar-refractivity contribution is -0.138. The highest BCUT2D eigenvalue weighted by Gasteiger charge is 2.05. The fraction of sp³-hybridized carbons (Fsp3) is 0.571. The minimum absolute atomic E-state index is 0.0403. The van der Waals surface area contributed by atoms with Gasteiger partial charge in [-0.3, -0.25) is 9.69 Å². The Morgan fingerprint density at radius 2 is 2.36 bits per heavy atom. The molecule has 0 aromatic rings. The number of nitrogens with zero attached hydrogens (tertiary/aromatic N) is 1. The smallest absolute Gasteiger partial charge is 0.317 e. The molecule has 0 saturated carbocycles. The number of aliphatic carboxylic acids is 1. The molecule has 0 spiro atoms. The Balaban J connectivity index is 3.70. The third-order valence-electron chi connectivity index (χ3n) is 1.12. The summed E-state index contributed by atoms with van der Waals surface area (Å²) < 4.78 is 0. The average molecular weight is 156 g/mol. The van der Waals surface area contributed by atoms with Gasteiger partial charge in [0.25, 0.3) is 0 Å². The molecule has 0 unspecified atom stereocenters. The Kier molecular flexibility index (Phi) is 5.17. The van der Waals surface area contributed by atoms with Crippen LogP contribution in [0.3, 0.4) is 0 Å². The van der Waals surface area contributed by atoms with Crippen LogP contribution in [0.2, 0.25) is 0 Å². The second-order valence-electron chi connectivity index (χ2n) is 2.10. The number of nitrogens with two attached hydrogens (primary N) is 1. The first-order chi connectivity index (χ1) is 5.20. The molecule has 0 rings (SSSR count). The second kappa shape index (κ2) is 5.71. The number of hydrogen-bond acceptors (Lipinski definition) is 3. The molecular formula is C7H12N2O2. The first-order valence-electron chi connectivity index (χ1n) is 3.28. The highest BCUT2D eigenvalue weighted by molar-refractivity contribution is 5.69. The van der Waals surface area contributed by atoms with Crippen LogP contribution in [-0.2, 0) is 4.79 Å². The molecule has 0 atom stereocenters. The molecule has 0 saturated heterocycles. The van der Waals surface area contributed by atoms with Crippen LogP contribution in [0.5, 0.6) is 0 Å². The topological polar surface area (TPSA) is 66.6 Å². The Hall–Kier alpha value is -1.05. The van der Waals surface area contributed by atoms with Crippen molar-refractivity contribution in [1.29, 1.82) is 0 Å². The Labute approximate surface area is 66.0 Å². The summed E-state index contributed by atoms with van der Waals surface area (Å²) in [4.78, 5) is 11.8. The summed E-state index contributed by atoms with van der Waals surface area (Å²) in [6.07, 6.45) is 5.01. The van der Waals surface area contributed by atoms with Crippen LogP contribution in [-0.4, -0.2) is 42.2 Å². The molecular weight excluding hydrogens is 144 g/mol. The normalized spacial score (nSPS) is 9.55. The van der Waals surface area contributed by atoms with E-state index in [2.05, 4.69) is 5.92 Å². The SMILES string of the molecule is C#CCN(CCN)CC(=O)O. The number of rotatable bonds is 5. The van der Waals surface area contributed by atoms with Crippen LogP contribution in [0.1, 0.15) is 0 Å². The van der Waals surface area contributed by atoms with E-state index in [-0.39, 0.29) is 6.54 Å². The molecule has 4 heteroatoms. The molecule has 0 aliphatic carbocycles. The summed E-state index contributed by atoms with van der Waals surface area (Å²) in [5, 5.41) is 8.39. The largest absolute Gasteiger partial charge is 0.480 e. The van der Waals surface area contributed by atoms with E-state index in [0.717, 1.165) is 0 Å². The third-order valence-corrected chi connectivity index (χ3v) is 1.12. The van der Waals surface area contributed by atoms with Crippen molar-refractivity contribution in [2.45, 2.75) is 0 Å². The summed E-state index contributed by atoms with van der Waals surface area (Å²) in [6, 6.07) is 0. The first-order valence-corrected chi connectivity index (χ1v) is 3.28. The summed E-state index contributed by atoms with van der Waals surface area (Å²) in [5.74, 6) is 1.48. The minimum Gasteiger partial charge on any atom is -0.480 e. The highest BCUT2D eigenvalue weighted by atomic mass is 16.4. The van der Waals surface area contributed by atoms with Crippen molar-refractivity contribution >= 4 is 5.97 Å². The zero-order chi connectivity index (χ0) is 8.69. The van der Waals surface area contributed by atoms with Crippen molar-refractivity contribution in [2.75, 3.05) is 26.2 Å². The van der Waals surface area contributed by atoms with E-state index in [1.165, 1.54) is 0 Å². The summed E-state index contributed by atoms with van der Waals surface area (Å²) in [6.45, 7) is 1.25. The van der Waals surface area contributed by atoms with Gasteiger partial charge < -0.3 is 10.8 Å². The van der Waals surface area contributed by atoms with E-state index < -0.39 is 5.97 Å².